The molecule has 1 spiro atoms. The molecule has 2 heterocycles. The number of piperidine rings is 1. The molecule has 5 nitrogen and oxygen atoms in total. The van der Waals surface area contributed by atoms with Crippen molar-refractivity contribution < 1.29 is 22.4 Å². The van der Waals surface area contributed by atoms with E-state index in [1.54, 1.807) is 6.07 Å². The molecule has 0 radical (unpaired) electrons. The van der Waals surface area contributed by atoms with E-state index in [0.29, 0.717) is 24.7 Å². The molecule has 1 saturated heterocycles. The van der Waals surface area contributed by atoms with Crippen molar-refractivity contribution in [3.63, 3.8) is 0 Å². The van der Waals surface area contributed by atoms with Crippen LogP contribution < -0.4 is 5.32 Å². The number of amides is 1. The summed E-state index contributed by atoms with van der Waals surface area (Å²) >= 11 is 0. The molecule has 1 amide bonds. The van der Waals surface area contributed by atoms with E-state index in [1.807, 2.05) is 18.2 Å². The number of alkyl halides is 3. The third kappa shape index (κ3) is 5.92. The van der Waals surface area contributed by atoms with Crippen molar-refractivity contribution in [3.8, 4) is 11.1 Å². The average Bonchev–Trinajstić information content (AvgIpc) is 3.79. The Bertz CT molecular complexity index is 1530. The number of nitrogens with one attached hydrogen (secondary N) is 1. The molecular formula is C33H32F4N4O. The number of likely N-dealkylation sites (tertiary alicyclic amines) is 1. The van der Waals surface area contributed by atoms with Gasteiger partial charge in [0.2, 0.25) is 5.91 Å². The molecule has 9 heteroatoms. The molecule has 6 rings (SSSR count). The van der Waals surface area contributed by atoms with E-state index in [1.165, 1.54) is 24.0 Å². The summed E-state index contributed by atoms with van der Waals surface area (Å²) in [5, 5.41) is 2.52. The van der Waals surface area contributed by atoms with Gasteiger partial charge in [-0.25, -0.2) is 9.24 Å². The van der Waals surface area contributed by atoms with E-state index in [9.17, 15) is 22.4 Å². The smallest absolute Gasteiger partial charge is 0.325 e. The summed E-state index contributed by atoms with van der Waals surface area (Å²) in [6.07, 6.45) is 0.238. The number of hydrogen-bond donors (Lipinski definition) is 1. The highest BCUT2D eigenvalue weighted by Crippen LogP contribution is 2.45. The van der Waals surface area contributed by atoms with Gasteiger partial charge in [0.05, 0.1) is 18.7 Å². The van der Waals surface area contributed by atoms with Crippen LogP contribution in [0.4, 0.5) is 28.9 Å². The Balaban J connectivity index is 1.27. The van der Waals surface area contributed by atoms with Crippen molar-refractivity contribution in [1.29, 1.82) is 0 Å². The van der Waals surface area contributed by atoms with Gasteiger partial charge in [0.1, 0.15) is 5.82 Å². The third-order valence-electron chi connectivity index (χ3n) is 8.91. The Morgan fingerprint density at radius 2 is 1.76 bits per heavy atom. The van der Waals surface area contributed by atoms with Crippen molar-refractivity contribution in [3.05, 3.63) is 94.6 Å². The number of rotatable bonds is 6. The molecule has 3 aromatic rings. The molecule has 1 aliphatic carbocycles. The quantitative estimate of drug-likeness (QED) is 0.248. The summed E-state index contributed by atoms with van der Waals surface area (Å²) in [6.45, 7) is 10.9. The number of carbonyl (C=O) groups is 1. The lowest BCUT2D eigenvalue weighted by molar-refractivity contribution is -0.137. The highest BCUT2D eigenvalue weighted by atomic mass is 19.4. The summed E-state index contributed by atoms with van der Waals surface area (Å²) in [6, 6.07) is 16.1. The second-order valence-electron chi connectivity index (χ2n) is 11.8. The Hall–Kier alpha value is -3.74. The van der Waals surface area contributed by atoms with E-state index in [2.05, 4.69) is 38.2 Å². The fraction of sp³-hybridized carbons (Fsp3) is 0.394. The maximum atomic E-state index is 14.0. The zero-order chi connectivity index (χ0) is 29.5. The highest BCUT2D eigenvalue weighted by Gasteiger charge is 2.45. The molecule has 42 heavy (non-hydrogen) atoms. The van der Waals surface area contributed by atoms with Crippen LogP contribution in [0.1, 0.15) is 42.4 Å². The lowest BCUT2D eigenvalue weighted by Crippen LogP contribution is -2.58. The Morgan fingerprint density at radius 1 is 1.00 bits per heavy atom. The minimum Gasteiger partial charge on any atom is -0.325 e. The van der Waals surface area contributed by atoms with Gasteiger partial charge in [-0.3, -0.25) is 9.69 Å². The topological polar surface area (TPSA) is 39.9 Å². The van der Waals surface area contributed by atoms with Crippen molar-refractivity contribution in [1.82, 2.24) is 9.80 Å². The highest BCUT2D eigenvalue weighted by molar-refractivity contribution is 5.92. The minimum atomic E-state index is -4.72. The van der Waals surface area contributed by atoms with E-state index in [4.69, 9.17) is 6.57 Å². The first-order chi connectivity index (χ1) is 20.1. The minimum absolute atomic E-state index is 0.00523. The lowest BCUT2D eigenvalue weighted by Gasteiger charge is -2.52. The van der Waals surface area contributed by atoms with Crippen LogP contribution in [0.3, 0.4) is 0 Å². The second kappa shape index (κ2) is 11.2. The van der Waals surface area contributed by atoms with Gasteiger partial charge >= 0.3 is 6.18 Å². The molecule has 3 aliphatic rings. The molecule has 2 aliphatic heterocycles. The molecule has 1 saturated carbocycles. The number of carbonyl (C=O) groups excluding carboxylic acids is 1. The Kier molecular flexibility index (Phi) is 7.54. The van der Waals surface area contributed by atoms with Gasteiger partial charge in [0, 0.05) is 37.4 Å². The first kappa shape index (κ1) is 28.4. The van der Waals surface area contributed by atoms with E-state index in [0.717, 1.165) is 61.7 Å². The van der Waals surface area contributed by atoms with Gasteiger partial charge in [0.25, 0.3) is 0 Å². The summed E-state index contributed by atoms with van der Waals surface area (Å²) in [4.78, 5) is 21.4. The van der Waals surface area contributed by atoms with Crippen LogP contribution >= 0.6 is 0 Å². The van der Waals surface area contributed by atoms with Gasteiger partial charge in [-0.05, 0) is 84.5 Å². The van der Waals surface area contributed by atoms with Crippen LogP contribution in [0.2, 0.25) is 0 Å². The number of anilines is 1. The van der Waals surface area contributed by atoms with E-state index < -0.39 is 23.5 Å². The maximum Gasteiger partial charge on any atom is 0.416 e. The SMILES string of the molecule is [C-]#[N+]c1cccc(-c2ccc3c(c2)CCN(CC(=O)Nc2cc(F)cc(C(F)(F)F)c2)C32CCN(CC3CC3)CC2)c1. The summed E-state index contributed by atoms with van der Waals surface area (Å²) in [5.41, 5.74) is 3.28. The van der Waals surface area contributed by atoms with Gasteiger partial charge in [0.15, 0.2) is 5.69 Å². The normalized spacial score (nSPS) is 18.8. The molecule has 3 aromatic carbocycles. The van der Waals surface area contributed by atoms with Crippen LogP contribution in [0, 0.1) is 18.3 Å². The molecule has 0 atom stereocenters. The third-order valence-corrected chi connectivity index (χ3v) is 8.91. The summed E-state index contributed by atoms with van der Waals surface area (Å²) in [7, 11) is 0. The predicted octanol–water partition coefficient (Wildman–Crippen LogP) is 7.26. The largest absolute Gasteiger partial charge is 0.416 e. The van der Waals surface area contributed by atoms with Crippen LogP contribution in [-0.2, 0) is 22.9 Å². The number of benzene rings is 3. The number of halogens is 4. The standard InChI is InChI=1S/C33H32F4N4O/c1-38-28-4-2-3-23(16-28)24-7-8-30-25(15-24)9-12-41(32(30)10-13-40(14-11-32)20-22-5-6-22)21-31(42)39-29-18-26(33(35,36)37)17-27(34)19-29/h2-4,7-8,15-19,22H,5-6,9-14,20-21H2,(H,39,42). The van der Waals surface area contributed by atoms with Gasteiger partial charge in [-0.1, -0.05) is 36.4 Å². The predicted molar refractivity (Wildman–Crippen MR) is 154 cm³/mol. The fourth-order valence-electron chi connectivity index (χ4n) is 6.62. The van der Waals surface area contributed by atoms with Crippen LogP contribution in [0.5, 0.6) is 0 Å². The molecule has 0 bridgehead atoms. The average molecular weight is 577 g/mol. The van der Waals surface area contributed by atoms with Crippen molar-refractivity contribution in [2.75, 3.05) is 38.0 Å². The van der Waals surface area contributed by atoms with Crippen molar-refractivity contribution in [2.24, 2.45) is 5.92 Å². The van der Waals surface area contributed by atoms with Gasteiger partial charge in [-0.15, -0.1) is 0 Å². The van der Waals surface area contributed by atoms with Gasteiger partial charge in [-0.2, -0.15) is 13.2 Å². The van der Waals surface area contributed by atoms with E-state index >= 15 is 0 Å². The maximum absolute atomic E-state index is 14.0. The molecule has 0 unspecified atom stereocenters. The van der Waals surface area contributed by atoms with Crippen molar-refractivity contribution >= 4 is 17.3 Å². The zero-order valence-electron chi connectivity index (χ0n) is 23.2. The van der Waals surface area contributed by atoms with Crippen molar-refractivity contribution in [2.45, 2.75) is 43.8 Å². The number of nitrogens with zero attached hydrogens (tertiary/aromatic N) is 3. The fourth-order valence-corrected chi connectivity index (χ4v) is 6.62. The first-order valence-corrected chi connectivity index (χ1v) is 14.4. The number of hydrogen-bond acceptors (Lipinski definition) is 3. The monoisotopic (exact) mass is 576 g/mol. The molecular weight excluding hydrogens is 544 g/mol. The second-order valence-corrected chi connectivity index (χ2v) is 11.8. The van der Waals surface area contributed by atoms with Crippen LogP contribution in [0.15, 0.2) is 60.7 Å². The molecule has 218 valence electrons. The zero-order valence-corrected chi connectivity index (χ0v) is 23.2. The molecule has 0 aromatic heterocycles. The van der Waals surface area contributed by atoms with Gasteiger partial charge < -0.3 is 10.2 Å². The Labute approximate surface area is 242 Å². The Morgan fingerprint density at radius 3 is 2.48 bits per heavy atom. The number of fused-ring (bicyclic) bond motifs is 2. The molecule has 2 fully saturated rings. The molecule has 1 N–H and O–H groups in total. The summed E-state index contributed by atoms with van der Waals surface area (Å²) in [5.74, 6) is -0.741. The first-order valence-electron chi connectivity index (χ1n) is 14.4. The van der Waals surface area contributed by atoms with Crippen LogP contribution in [0.25, 0.3) is 16.0 Å². The summed E-state index contributed by atoms with van der Waals surface area (Å²) < 4.78 is 53.6. The van der Waals surface area contributed by atoms with E-state index in [-0.39, 0.29) is 17.8 Å². The van der Waals surface area contributed by atoms with Crippen LogP contribution in [-0.4, -0.2) is 48.4 Å². The lowest BCUT2D eigenvalue weighted by atomic mass is 9.73.